The quantitative estimate of drug-likeness (QED) is 0.0758. The highest BCUT2D eigenvalue weighted by molar-refractivity contribution is 6.07. The van der Waals surface area contributed by atoms with Crippen LogP contribution in [-0.4, -0.2) is 85.5 Å². The molecule has 1 heterocycles. The molecule has 3 N–H and O–H groups in total. The van der Waals surface area contributed by atoms with Crippen LogP contribution in [-0.2, 0) is 14.2 Å². The Morgan fingerprint density at radius 3 is 2.26 bits per heavy atom. The molecule has 4 rings (SSSR count). The average Bonchev–Trinajstić information content (AvgIpc) is 3.09. The summed E-state index contributed by atoms with van der Waals surface area (Å²) in [5, 5.41) is 21.4. The summed E-state index contributed by atoms with van der Waals surface area (Å²) in [6, 6.07) is 17.9. The van der Waals surface area contributed by atoms with E-state index in [-0.39, 0.29) is 31.9 Å². The molecule has 0 bridgehead atoms. The maximum absolute atomic E-state index is 12.2. The molecule has 2 aliphatic rings. The molecule has 2 aromatic rings. The molecule has 0 aromatic heterocycles. The van der Waals surface area contributed by atoms with Crippen LogP contribution < -0.4 is 35.9 Å². The summed E-state index contributed by atoms with van der Waals surface area (Å²) in [6.07, 6.45) is 0.566. The van der Waals surface area contributed by atoms with E-state index in [9.17, 15) is 19.5 Å². The number of carbonyl (C=O) groups excluding carboxylic acids is 3. The smallest absolute Gasteiger partial charge is 0.407 e. The lowest BCUT2D eigenvalue weighted by Crippen LogP contribution is -2.37. The van der Waals surface area contributed by atoms with Crippen LogP contribution in [0.25, 0.3) is 33.4 Å². The summed E-state index contributed by atoms with van der Waals surface area (Å²) in [5.74, 6) is -0.823. The molecule has 1 aliphatic heterocycles. The van der Waals surface area contributed by atoms with Crippen molar-refractivity contribution in [1.82, 2.24) is 20.5 Å². The summed E-state index contributed by atoms with van der Waals surface area (Å²) in [7, 11) is 4.75. The van der Waals surface area contributed by atoms with Gasteiger partial charge in [0.15, 0.2) is 26.3 Å². The van der Waals surface area contributed by atoms with Crippen LogP contribution in [0.3, 0.4) is 0 Å². The van der Waals surface area contributed by atoms with Crippen molar-refractivity contribution in [3.8, 4) is 22.5 Å². The molecule has 13 heteroatoms. The molecule has 0 atom stereocenters. The van der Waals surface area contributed by atoms with Crippen molar-refractivity contribution >= 4 is 34.8 Å². The Morgan fingerprint density at radius 2 is 1.62 bits per heavy atom. The topological polar surface area (TPSA) is 157 Å². The summed E-state index contributed by atoms with van der Waals surface area (Å²) in [4.78, 5) is 37.5. The van der Waals surface area contributed by atoms with Crippen molar-refractivity contribution in [2.45, 2.75) is 0 Å². The number of hydrogen-bond donors (Lipinski definition) is 3. The third-order valence-electron chi connectivity index (χ3n) is 7.34. The van der Waals surface area contributed by atoms with E-state index in [1.807, 2.05) is 45.9 Å². The van der Waals surface area contributed by atoms with Crippen molar-refractivity contribution in [1.29, 1.82) is 0 Å². The first-order valence-corrected chi connectivity index (χ1v) is 15.0. The normalized spacial score (nSPS) is 10.8. The van der Waals surface area contributed by atoms with Crippen molar-refractivity contribution in [3.63, 3.8) is 0 Å². The summed E-state index contributed by atoms with van der Waals surface area (Å²) in [6.45, 7) is 6.07. The van der Waals surface area contributed by atoms with Gasteiger partial charge in [-0.25, -0.2) is 14.2 Å². The van der Waals surface area contributed by atoms with Gasteiger partial charge in [0, 0.05) is 60.5 Å². The Kier molecular flexibility index (Phi) is 12.3. The number of hydrogen-bond acceptors (Lipinski definition) is 10. The van der Waals surface area contributed by atoms with E-state index in [4.69, 9.17) is 18.6 Å². The Bertz CT molecular complexity index is 1750. The molecule has 0 spiro atoms. The monoisotopic (exact) mass is 645 g/mol. The number of nitrogens with one attached hydrogen (secondary N) is 3. The van der Waals surface area contributed by atoms with Crippen LogP contribution >= 0.6 is 0 Å². The predicted molar refractivity (Wildman–Crippen MR) is 176 cm³/mol. The molecule has 2 amide bonds. The van der Waals surface area contributed by atoms with Gasteiger partial charge in [-0.1, -0.05) is 30.8 Å². The van der Waals surface area contributed by atoms with Gasteiger partial charge >= 0.3 is 12.2 Å². The summed E-state index contributed by atoms with van der Waals surface area (Å²) in [5.41, 5.74) is 3.18. The van der Waals surface area contributed by atoms with Gasteiger partial charge in [0.1, 0.15) is 11.3 Å². The van der Waals surface area contributed by atoms with E-state index in [1.165, 1.54) is 20.2 Å². The maximum Gasteiger partial charge on any atom is 0.407 e. The summed E-state index contributed by atoms with van der Waals surface area (Å²) < 4.78 is 24.4. The van der Waals surface area contributed by atoms with E-state index >= 15 is 0 Å². The minimum absolute atomic E-state index is 0.0446. The van der Waals surface area contributed by atoms with Gasteiger partial charge < -0.3 is 44.1 Å². The van der Waals surface area contributed by atoms with Crippen molar-refractivity contribution in [2.24, 2.45) is 0 Å². The zero-order valence-corrected chi connectivity index (χ0v) is 26.7. The van der Waals surface area contributed by atoms with Gasteiger partial charge in [0.2, 0.25) is 5.36 Å². The minimum Gasteiger partial charge on any atom is -0.545 e. The number of carboxylic acids is 1. The standard InChI is InChI=1S/C34H39N5O8/c1-5-38(14-17-44-22-35-2)23-10-12-27-29(20-23)47-30-21-24(39(15-18-45-33(42)36-3)16-19-46-34(43)37-4)11-13-28(30)31(27)25-8-6-7-9-26(25)32(40)41/h5-13,20-21,35H,1,14-19,22H2,2-4H3,(H2-,36,37,40,41,42,43). The Labute approximate surface area is 272 Å². The molecule has 1 aliphatic carbocycles. The van der Waals surface area contributed by atoms with Gasteiger partial charge in [-0.15, -0.1) is 0 Å². The molecule has 0 radical (unpaired) electrons. The fourth-order valence-corrected chi connectivity index (χ4v) is 5.09. The highest BCUT2D eigenvalue weighted by Gasteiger charge is 2.22. The van der Waals surface area contributed by atoms with Crippen molar-refractivity contribution < 1.29 is 38.1 Å². The molecule has 0 fully saturated rings. The van der Waals surface area contributed by atoms with E-state index < -0.39 is 18.2 Å². The number of fused-ring (bicyclic) bond motifs is 2. The first-order chi connectivity index (χ1) is 22.8. The third kappa shape index (κ3) is 8.66. The number of ether oxygens (including phenoxy) is 3. The fraction of sp³-hybridized carbons (Fsp3) is 0.294. The SMILES string of the molecule is C=CN(CCOCNC)c1ccc2c(-c3ccccc3C(=O)[O-])c3ccc(=[N+](CCOC(=O)NC)CCOC(=O)NC)cc-3oc2c1. The van der Waals surface area contributed by atoms with E-state index in [1.54, 1.807) is 31.4 Å². The van der Waals surface area contributed by atoms with E-state index in [0.29, 0.717) is 58.7 Å². The second kappa shape index (κ2) is 16.8. The number of anilines is 1. The lowest BCUT2D eigenvalue weighted by Gasteiger charge is -2.22. The molecule has 0 unspecified atom stereocenters. The van der Waals surface area contributed by atoms with Crippen LogP contribution in [0, 0.1) is 0 Å². The molecule has 0 saturated carbocycles. The number of aromatic carboxylic acids is 1. The fourth-order valence-electron chi connectivity index (χ4n) is 5.09. The number of nitrogens with zero attached hydrogens (tertiary/aromatic N) is 2. The molecule has 0 saturated heterocycles. The van der Waals surface area contributed by atoms with Crippen LogP contribution in [0.4, 0.5) is 15.3 Å². The Balaban J connectivity index is 1.91. The van der Waals surface area contributed by atoms with Gasteiger partial charge in [-0.2, -0.15) is 0 Å². The Hall–Kier alpha value is -5.40. The van der Waals surface area contributed by atoms with Crippen LogP contribution in [0.5, 0.6) is 0 Å². The Morgan fingerprint density at radius 1 is 0.915 bits per heavy atom. The van der Waals surface area contributed by atoms with Crippen molar-refractivity contribution in [3.05, 3.63) is 84.4 Å². The summed E-state index contributed by atoms with van der Waals surface area (Å²) >= 11 is 0. The lowest BCUT2D eigenvalue weighted by atomic mass is 9.90. The number of benzene rings is 3. The van der Waals surface area contributed by atoms with Gasteiger partial charge in [-0.05, 0) is 37.0 Å². The molecule has 13 nitrogen and oxygen atoms in total. The number of alkyl carbamates (subject to hydrolysis) is 2. The van der Waals surface area contributed by atoms with E-state index in [2.05, 4.69) is 22.5 Å². The van der Waals surface area contributed by atoms with Crippen molar-refractivity contribution in [2.75, 3.05) is 72.2 Å². The number of rotatable bonds is 15. The van der Waals surface area contributed by atoms with Gasteiger partial charge in [-0.3, -0.25) is 5.32 Å². The number of amides is 2. The molecule has 2 aromatic carbocycles. The molecule has 47 heavy (non-hydrogen) atoms. The zero-order valence-electron chi connectivity index (χ0n) is 26.7. The average molecular weight is 646 g/mol. The van der Waals surface area contributed by atoms with Gasteiger partial charge in [0.25, 0.3) is 0 Å². The lowest BCUT2D eigenvalue weighted by molar-refractivity contribution is -0.254. The largest absolute Gasteiger partial charge is 0.545 e. The molecular formula is C34H39N5O8. The van der Waals surface area contributed by atoms with Crippen LogP contribution in [0.1, 0.15) is 10.4 Å². The maximum atomic E-state index is 12.2. The molecular weight excluding hydrogens is 606 g/mol. The van der Waals surface area contributed by atoms with Crippen LogP contribution in [0.15, 0.2) is 77.9 Å². The predicted octanol–water partition coefficient (Wildman–Crippen LogP) is 2.20. The molecule has 248 valence electrons. The first-order valence-electron chi connectivity index (χ1n) is 15.0. The minimum atomic E-state index is -1.30. The second-order valence-electron chi connectivity index (χ2n) is 10.2. The number of carboxylic acid groups (broad SMARTS) is 1. The van der Waals surface area contributed by atoms with Crippen LogP contribution in [0.2, 0.25) is 0 Å². The number of carbonyl (C=O) groups is 3. The highest BCUT2D eigenvalue weighted by Crippen LogP contribution is 2.42. The first kappa shape index (κ1) is 34.5. The second-order valence-corrected chi connectivity index (χ2v) is 10.2. The zero-order chi connectivity index (χ0) is 33.8. The third-order valence-corrected chi connectivity index (χ3v) is 7.34. The van der Waals surface area contributed by atoms with Gasteiger partial charge in [0.05, 0.1) is 25.4 Å². The highest BCUT2D eigenvalue weighted by atomic mass is 16.6. The van der Waals surface area contributed by atoms with E-state index in [0.717, 1.165) is 5.69 Å².